The van der Waals surface area contributed by atoms with Crippen LogP contribution in [-0.2, 0) is 9.53 Å². The average molecular weight is 380 g/mol. The molecule has 4 bridgehead atoms. The summed E-state index contributed by atoms with van der Waals surface area (Å²) in [7, 11) is 0. The minimum Gasteiger partial charge on any atom is -0.392 e. The molecule has 10 atom stereocenters. The second-order valence-electron chi connectivity index (χ2n) is 10.0. The number of carbonyl (C=O) groups excluding carboxylic acids is 1. The Morgan fingerprint density at radius 1 is 1.07 bits per heavy atom. The topological polar surface area (TPSA) is 127 Å². The van der Waals surface area contributed by atoms with Crippen LogP contribution < -0.4 is 0 Å². The molecule has 0 radical (unpaired) electrons. The van der Waals surface area contributed by atoms with Crippen LogP contribution in [-0.4, -0.2) is 61.7 Å². The third-order valence-corrected chi connectivity index (χ3v) is 8.93. The van der Waals surface area contributed by atoms with Gasteiger partial charge in [0, 0.05) is 11.8 Å². The Balaban J connectivity index is 1.84. The van der Waals surface area contributed by atoms with Gasteiger partial charge in [-0.25, -0.2) is 0 Å². The van der Waals surface area contributed by atoms with E-state index in [1.165, 1.54) is 0 Å². The van der Waals surface area contributed by atoms with Crippen LogP contribution in [0.5, 0.6) is 0 Å². The van der Waals surface area contributed by atoms with Crippen molar-refractivity contribution < 1.29 is 35.1 Å². The van der Waals surface area contributed by atoms with Gasteiger partial charge in [0.05, 0.1) is 17.6 Å². The number of fused-ring (bicyclic) bond motifs is 2. The van der Waals surface area contributed by atoms with Crippen molar-refractivity contribution in [1.82, 2.24) is 0 Å². The van der Waals surface area contributed by atoms with Gasteiger partial charge in [-0.2, -0.15) is 0 Å². The van der Waals surface area contributed by atoms with E-state index in [4.69, 9.17) is 4.74 Å². The molecule has 6 rings (SSSR count). The lowest BCUT2D eigenvalue weighted by molar-refractivity contribution is -0.507. The highest BCUT2D eigenvalue weighted by Gasteiger charge is 2.88. The average Bonchev–Trinajstić information content (AvgIpc) is 2.70. The summed E-state index contributed by atoms with van der Waals surface area (Å²) in [5, 5.41) is 56.2. The monoisotopic (exact) mass is 380 g/mol. The number of aliphatic hydroxyl groups excluding tert-OH is 4. The molecule has 6 fully saturated rings. The van der Waals surface area contributed by atoms with E-state index < -0.39 is 70.2 Å². The SMILES string of the molecule is C=C1C(=O)[C@]23[C@H](CC[C@H]1[C@@H]2O)[C@]12C(O)O[C@@]3(O)[C@H](O)[C@H]1C(C)(C)CC[C@H]2O. The highest BCUT2D eigenvalue weighted by molar-refractivity contribution is 6.05. The van der Waals surface area contributed by atoms with Crippen molar-refractivity contribution in [3.63, 3.8) is 0 Å². The Kier molecular flexibility index (Phi) is 3.26. The smallest absolute Gasteiger partial charge is 0.211 e. The molecule has 2 spiro atoms. The lowest BCUT2D eigenvalue weighted by atomic mass is 9.35. The molecule has 6 aliphatic rings. The van der Waals surface area contributed by atoms with Crippen molar-refractivity contribution in [1.29, 1.82) is 0 Å². The van der Waals surface area contributed by atoms with Crippen molar-refractivity contribution in [2.75, 3.05) is 0 Å². The van der Waals surface area contributed by atoms with E-state index in [0.717, 1.165) is 0 Å². The van der Waals surface area contributed by atoms with Gasteiger partial charge in [0.15, 0.2) is 12.1 Å². The molecule has 1 unspecified atom stereocenters. The number of ether oxygens (including phenoxy) is 1. The van der Waals surface area contributed by atoms with Gasteiger partial charge in [0.1, 0.15) is 11.5 Å². The van der Waals surface area contributed by atoms with Gasteiger partial charge in [0.2, 0.25) is 5.79 Å². The zero-order valence-corrected chi connectivity index (χ0v) is 15.6. The number of carbonyl (C=O) groups is 1. The van der Waals surface area contributed by atoms with E-state index in [0.29, 0.717) is 25.7 Å². The molecule has 4 aliphatic carbocycles. The predicted molar refractivity (Wildman–Crippen MR) is 91.8 cm³/mol. The fourth-order valence-electron chi connectivity index (χ4n) is 7.96. The fraction of sp³-hybridized carbons (Fsp3) is 0.850. The molecule has 7 nitrogen and oxygen atoms in total. The molecule has 0 amide bonds. The fourth-order valence-corrected chi connectivity index (χ4v) is 7.96. The van der Waals surface area contributed by atoms with E-state index in [9.17, 15) is 30.3 Å². The molecule has 0 aromatic carbocycles. The first-order valence-corrected chi connectivity index (χ1v) is 9.85. The lowest BCUT2D eigenvalue weighted by Gasteiger charge is -2.75. The van der Waals surface area contributed by atoms with Gasteiger partial charge in [-0.1, -0.05) is 20.4 Å². The van der Waals surface area contributed by atoms with E-state index in [1.807, 2.05) is 13.8 Å². The standard InChI is InChI=1S/C20H28O7/c1-8-9-4-5-10-18-11(21)6-7-17(2,3)12(18)15(24)20(26,27-16(18)25)19(10,13(8)22)14(9)23/h9-12,14-16,21,23-26H,1,4-7H2,2-3H3/t9-,10-,11-,12+,14+,15-,16?,18-,19-,20+/m1/s1. The third kappa shape index (κ3) is 1.52. The Hall–Kier alpha value is -0.830. The summed E-state index contributed by atoms with van der Waals surface area (Å²) in [5.74, 6) is -4.83. The Labute approximate surface area is 157 Å². The zero-order chi connectivity index (χ0) is 19.7. The number of Topliss-reactive ketones (excluding diaryl/α,β-unsaturated/α-hetero) is 1. The van der Waals surface area contributed by atoms with E-state index in [1.54, 1.807) is 0 Å². The Bertz CT molecular complexity index is 749. The van der Waals surface area contributed by atoms with E-state index in [2.05, 4.69) is 6.58 Å². The van der Waals surface area contributed by atoms with Crippen molar-refractivity contribution in [3.05, 3.63) is 12.2 Å². The number of hydrogen-bond donors (Lipinski definition) is 5. The summed E-state index contributed by atoms with van der Waals surface area (Å²) < 4.78 is 5.57. The molecule has 2 saturated heterocycles. The van der Waals surface area contributed by atoms with Crippen LogP contribution in [0.15, 0.2) is 12.2 Å². The maximum Gasteiger partial charge on any atom is 0.211 e. The van der Waals surface area contributed by atoms with Gasteiger partial charge in [-0.3, -0.25) is 4.79 Å². The molecule has 0 aromatic heterocycles. The number of ketones is 1. The largest absolute Gasteiger partial charge is 0.392 e. The van der Waals surface area contributed by atoms with Crippen LogP contribution in [0.2, 0.25) is 0 Å². The highest BCUT2D eigenvalue weighted by atomic mass is 16.7. The number of rotatable bonds is 0. The molecule has 2 aliphatic heterocycles. The van der Waals surface area contributed by atoms with Gasteiger partial charge in [-0.05, 0) is 42.6 Å². The molecule has 7 heteroatoms. The maximum atomic E-state index is 13.4. The van der Waals surface area contributed by atoms with Crippen LogP contribution in [0.1, 0.15) is 39.5 Å². The first kappa shape index (κ1) is 18.2. The molecular weight excluding hydrogens is 352 g/mol. The first-order valence-electron chi connectivity index (χ1n) is 9.85. The summed E-state index contributed by atoms with van der Waals surface area (Å²) in [4.78, 5) is 13.4. The van der Waals surface area contributed by atoms with Gasteiger partial charge in [0.25, 0.3) is 0 Å². The zero-order valence-electron chi connectivity index (χ0n) is 15.6. The van der Waals surface area contributed by atoms with Crippen LogP contribution in [0, 0.1) is 34.0 Å². The summed E-state index contributed by atoms with van der Waals surface area (Å²) in [6.07, 6.45) is -3.43. The molecule has 27 heavy (non-hydrogen) atoms. The molecular formula is C20H28O7. The molecule has 2 heterocycles. The third-order valence-electron chi connectivity index (χ3n) is 8.93. The Morgan fingerprint density at radius 2 is 1.74 bits per heavy atom. The minimum atomic E-state index is -2.42. The minimum absolute atomic E-state index is 0.230. The summed E-state index contributed by atoms with van der Waals surface area (Å²) in [6, 6.07) is 0. The number of aliphatic hydroxyl groups is 5. The Morgan fingerprint density at radius 3 is 2.41 bits per heavy atom. The van der Waals surface area contributed by atoms with E-state index >= 15 is 0 Å². The van der Waals surface area contributed by atoms with Gasteiger partial charge < -0.3 is 30.3 Å². The molecule has 0 aromatic rings. The van der Waals surface area contributed by atoms with Crippen molar-refractivity contribution in [2.45, 2.75) is 69.9 Å². The van der Waals surface area contributed by atoms with Crippen molar-refractivity contribution in [3.8, 4) is 0 Å². The van der Waals surface area contributed by atoms with Crippen LogP contribution in [0.3, 0.4) is 0 Å². The first-order chi connectivity index (χ1) is 12.5. The highest BCUT2D eigenvalue weighted by Crippen LogP contribution is 2.77. The van der Waals surface area contributed by atoms with Gasteiger partial charge in [-0.15, -0.1) is 0 Å². The summed E-state index contributed by atoms with van der Waals surface area (Å²) in [5.41, 5.74) is -3.41. The molecule has 4 saturated carbocycles. The predicted octanol–water partition coefficient (Wildman–Crippen LogP) is -0.306. The summed E-state index contributed by atoms with van der Waals surface area (Å²) >= 11 is 0. The molecule has 5 N–H and O–H groups in total. The van der Waals surface area contributed by atoms with Crippen LogP contribution >= 0.6 is 0 Å². The van der Waals surface area contributed by atoms with Crippen molar-refractivity contribution >= 4 is 5.78 Å². The second-order valence-corrected chi connectivity index (χ2v) is 10.0. The van der Waals surface area contributed by atoms with Crippen LogP contribution in [0.4, 0.5) is 0 Å². The second kappa shape index (κ2) is 4.83. The lowest BCUT2D eigenvalue weighted by Crippen LogP contribution is -2.87. The quantitative estimate of drug-likeness (QED) is 0.365. The van der Waals surface area contributed by atoms with Crippen molar-refractivity contribution in [2.24, 2.45) is 34.0 Å². The maximum absolute atomic E-state index is 13.4. The number of hydrogen-bond acceptors (Lipinski definition) is 7. The van der Waals surface area contributed by atoms with E-state index in [-0.39, 0.29) is 5.57 Å². The normalized spacial score (nSPS) is 60.9. The van der Waals surface area contributed by atoms with Crippen LogP contribution in [0.25, 0.3) is 0 Å². The molecule has 150 valence electrons. The summed E-state index contributed by atoms with van der Waals surface area (Å²) in [6.45, 7) is 7.72. The van der Waals surface area contributed by atoms with Gasteiger partial charge >= 0.3 is 0 Å².